The van der Waals surface area contributed by atoms with Crippen molar-refractivity contribution < 1.29 is 19.8 Å². The van der Waals surface area contributed by atoms with Crippen molar-refractivity contribution in [2.75, 3.05) is 6.54 Å². The molecule has 2 atom stereocenters. The summed E-state index contributed by atoms with van der Waals surface area (Å²) in [5.74, 6) is -0.886. The van der Waals surface area contributed by atoms with Crippen molar-refractivity contribution in [3.8, 4) is 0 Å². The SMILES string of the molecule is O=C(CC1(C(=O)O)CCCCCC1)NCC1CCCC1O. The maximum Gasteiger partial charge on any atom is 0.310 e. The second kappa shape index (κ2) is 7.25. The lowest BCUT2D eigenvalue weighted by Gasteiger charge is -2.27. The summed E-state index contributed by atoms with van der Waals surface area (Å²) in [5.41, 5.74) is -0.880. The zero-order valence-corrected chi connectivity index (χ0v) is 12.6. The van der Waals surface area contributed by atoms with Gasteiger partial charge in [0.15, 0.2) is 0 Å². The molecule has 0 radical (unpaired) electrons. The van der Waals surface area contributed by atoms with Crippen LogP contribution in [0.2, 0.25) is 0 Å². The molecule has 5 heteroatoms. The first-order valence-corrected chi connectivity index (χ1v) is 8.22. The summed E-state index contributed by atoms with van der Waals surface area (Å²) in [6.07, 6.45) is 7.59. The lowest BCUT2D eigenvalue weighted by Crippen LogP contribution is -2.39. The number of hydrogen-bond acceptors (Lipinski definition) is 3. The van der Waals surface area contributed by atoms with Gasteiger partial charge < -0.3 is 15.5 Å². The summed E-state index contributed by atoms with van der Waals surface area (Å²) in [6, 6.07) is 0. The van der Waals surface area contributed by atoms with E-state index in [1.807, 2.05) is 0 Å². The van der Waals surface area contributed by atoms with Gasteiger partial charge in [0, 0.05) is 18.9 Å². The van der Waals surface area contributed by atoms with Crippen LogP contribution in [0.4, 0.5) is 0 Å². The van der Waals surface area contributed by atoms with Crippen molar-refractivity contribution in [2.24, 2.45) is 11.3 Å². The zero-order valence-electron chi connectivity index (χ0n) is 12.6. The van der Waals surface area contributed by atoms with Gasteiger partial charge in [0.2, 0.25) is 5.91 Å². The number of amides is 1. The number of aliphatic hydroxyl groups excluding tert-OH is 1. The summed E-state index contributed by atoms with van der Waals surface area (Å²) in [5, 5.41) is 22.2. The van der Waals surface area contributed by atoms with Crippen molar-refractivity contribution in [1.82, 2.24) is 5.32 Å². The summed E-state index contributed by atoms with van der Waals surface area (Å²) in [6.45, 7) is 0.468. The number of carbonyl (C=O) groups excluding carboxylic acids is 1. The van der Waals surface area contributed by atoms with Crippen molar-refractivity contribution in [2.45, 2.75) is 70.3 Å². The fourth-order valence-electron chi connectivity index (χ4n) is 3.74. The van der Waals surface area contributed by atoms with Gasteiger partial charge in [-0.3, -0.25) is 9.59 Å². The van der Waals surface area contributed by atoms with Crippen LogP contribution in [0.25, 0.3) is 0 Å². The largest absolute Gasteiger partial charge is 0.481 e. The van der Waals surface area contributed by atoms with Crippen LogP contribution in [0.15, 0.2) is 0 Å². The molecule has 2 rings (SSSR count). The number of aliphatic hydroxyl groups is 1. The molecule has 0 aromatic heterocycles. The van der Waals surface area contributed by atoms with E-state index in [0.29, 0.717) is 19.4 Å². The highest BCUT2D eigenvalue weighted by Gasteiger charge is 2.40. The minimum Gasteiger partial charge on any atom is -0.481 e. The van der Waals surface area contributed by atoms with Gasteiger partial charge in [0.05, 0.1) is 11.5 Å². The third-order valence-electron chi connectivity index (χ3n) is 5.19. The molecule has 3 N–H and O–H groups in total. The van der Waals surface area contributed by atoms with Crippen molar-refractivity contribution >= 4 is 11.9 Å². The molecule has 2 saturated carbocycles. The van der Waals surface area contributed by atoms with Crippen LogP contribution in [0.3, 0.4) is 0 Å². The van der Waals surface area contributed by atoms with E-state index in [1.54, 1.807) is 0 Å². The van der Waals surface area contributed by atoms with E-state index < -0.39 is 11.4 Å². The summed E-state index contributed by atoms with van der Waals surface area (Å²) in [7, 11) is 0. The average molecular weight is 297 g/mol. The van der Waals surface area contributed by atoms with Crippen LogP contribution < -0.4 is 5.32 Å². The van der Waals surface area contributed by atoms with E-state index in [-0.39, 0.29) is 24.3 Å². The number of carbonyl (C=O) groups is 2. The highest BCUT2D eigenvalue weighted by atomic mass is 16.4. The summed E-state index contributed by atoms with van der Waals surface area (Å²) < 4.78 is 0. The molecule has 0 heterocycles. The summed E-state index contributed by atoms with van der Waals surface area (Å²) >= 11 is 0. The molecule has 0 spiro atoms. The lowest BCUT2D eigenvalue weighted by atomic mass is 9.77. The Morgan fingerprint density at radius 3 is 2.24 bits per heavy atom. The second-order valence-electron chi connectivity index (χ2n) is 6.74. The van der Waals surface area contributed by atoms with Crippen LogP contribution in [0.5, 0.6) is 0 Å². The van der Waals surface area contributed by atoms with Gasteiger partial charge in [0.25, 0.3) is 0 Å². The third-order valence-corrected chi connectivity index (χ3v) is 5.19. The fourth-order valence-corrected chi connectivity index (χ4v) is 3.74. The predicted molar refractivity (Wildman–Crippen MR) is 78.7 cm³/mol. The minimum absolute atomic E-state index is 0.0746. The van der Waals surface area contributed by atoms with Gasteiger partial charge in [-0.15, -0.1) is 0 Å². The van der Waals surface area contributed by atoms with Gasteiger partial charge in [-0.1, -0.05) is 32.1 Å². The zero-order chi connectivity index (χ0) is 15.3. The standard InChI is InChI=1S/C16H27NO4/c18-13-7-5-6-12(13)11-17-14(19)10-16(15(20)21)8-3-1-2-4-9-16/h12-13,18H,1-11H2,(H,17,19)(H,20,21). The molecule has 0 aromatic rings. The Kier molecular flexibility index (Phi) is 5.62. The molecule has 5 nitrogen and oxygen atoms in total. The molecule has 2 unspecified atom stereocenters. The van der Waals surface area contributed by atoms with Gasteiger partial charge in [-0.25, -0.2) is 0 Å². The van der Waals surface area contributed by atoms with Crippen LogP contribution >= 0.6 is 0 Å². The smallest absolute Gasteiger partial charge is 0.310 e. The molecule has 2 aliphatic carbocycles. The molecule has 2 aliphatic rings. The maximum absolute atomic E-state index is 12.1. The van der Waals surface area contributed by atoms with Crippen molar-refractivity contribution in [3.05, 3.63) is 0 Å². The number of carboxylic acids is 1. The minimum atomic E-state index is -0.880. The lowest BCUT2D eigenvalue weighted by molar-refractivity contribution is -0.153. The quantitative estimate of drug-likeness (QED) is 0.678. The molecule has 2 fully saturated rings. The first-order valence-electron chi connectivity index (χ1n) is 8.22. The number of hydrogen-bond donors (Lipinski definition) is 3. The first-order chi connectivity index (χ1) is 10.0. The Morgan fingerprint density at radius 2 is 1.71 bits per heavy atom. The Hall–Kier alpha value is -1.10. The van der Waals surface area contributed by atoms with Crippen molar-refractivity contribution in [3.63, 3.8) is 0 Å². The maximum atomic E-state index is 12.1. The van der Waals surface area contributed by atoms with E-state index in [9.17, 15) is 19.8 Å². The predicted octanol–water partition coefficient (Wildman–Crippen LogP) is 2.08. The average Bonchev–Trinajstić information content (AvgIpc) is 2.70. The highest BCUT2D eigenvalue weighted by Crippen LogP contribution is 2.38. The van der Waals surface area contributed by atoms with Crippen LogP contribution in [0, 0.1) is 11.3 Å². The summed E-state index contributed by atoms with van der Waals surface area (Å²) in [4.78, 5) is 23.8. The van der Waals surface area contributed by atoms with Gasteiger partial charge >= 0.3 is 5.97 Å². The topological polar surface area (TPSA) is 86.6 Å². The fraction of sp³-hybridized carbons (Fsp3) is 0.875. The van der Waals surface area contributed by atoms with Crippen molar-refractivity contribution in [1.29, 1.82) is 0 Å². The van der Waals surface area contributed by atoms with Gasteiger partial charge in [-0.05, 0) is 25.7 Å². The molecule has 21 heavy (non-hydrogen) atoms. The molecular formula is C16H27NO4. The molecular weight excluding hydrogens is 270 g/mol. The molecule has 0 saturated heterocycles. The Bertz CT molecular complexity index is 374. The van der Waals surface area contributed by atoms with Crippen LogP contribution in [-0.4, -0.2) is 34.7 Å². The molecule has 0 aliphatic heterocycles. The number of rotatable bonds is 5. The Balaban J connectivity index is 1.87. The molecule has 0 bridgehead atoms. The molecule has 120 valence electrons. The number of aliphatic carboxylic acids is 1. The Morgan fingerprint density at radius 1 is 1.05 bits per heavy atom. The van der Waals surface area contributed by atoms with E-state index in [1.165, 1.54) is 0 Å². The van der Waals surface area contributed by atoms with E-state index in [4.69, 9.17) is 0 Å². The monoisotopic (exact) mass is 297 g/mol. The number of carboxylic acid groups (broad SMARTS) is 1. The normalized spacial score (nSPS) is 28.8. The second-order valence-corrected chi connectivity index (χ2v) is 6.74. The number of nitrogens with one attached hydrogen (secondary N) is 1. The van der Waals surface area contributed by atoms with E-state index in [2.05, 4.69) is 5.32 Å². The van der Waals surface area contributed by atoms with Gasteiger partial charge in [0.1, 0.15) is 0 Å². The molecule has 1 amide bonds. The third kappa shape index (κ3) is 4.19. The molecule has 0 aromatic carbocycles. The van der Waals surface area contributed by atoms with E-state index in [0.717, 1.165) is 44.9 Å². The highest BCUT2D eigenvalue weighted by molar-refractivity contribution is 5.85. The van der Waals surface area contributed by atoms with E-state index >= 15 is 0 Å². The van der Waals surface area contributed by atoms with Crippen LogP contribution in [-0.2, 0) is 9.59 Å². The first kappa shape index (κ1) is 16.3. The Labute approximate surface area is 126 Å². The van der Waals surface area contributed by atoms with Crippen LogP contribution in [0.1, 0.15) is 64.2 Å². The van der Waals surface area contributed by atoms with Gasteiger partial charge in [-0.2, -0.15) is 0 Å².